The first-order valence-electron chi connectivity index (χ1n) is 9.93. The lowest BCUT2D eigenvalue weighted by atomic mass is 10.1. The van der Waals surface area contributed by atoms with E-state index in [-0.39, 0.29) is 6.09 Å². The van der Waals surface area contributed by atoms with Crippen molar-refractivity contribution in [2.45, 2.75) is 26.4 Å². The zero-order valence-corrected chi connectivity index (χ0v) is 19.3. The van der Waals surface area contributed by atoms with Gasteiger partial charge in [-0.1, -0.05) is 6.07 Å². The number of nitrogen functional groups attached to an aromatic ring is 1. The number of primary amides is 1. The number of amides is 2. The number of ether oxygens (including phenoxy) is 1. The van der Waals surface area contributed by atoms with Crippen LogP contribution in [0.4, 0.5) is 16.3 Å². The third-order valence-corrected chi connectivity index (χ3v) is 6.97. The number of aromatic nitrogens is 1. The van der Waals surface area contributed by atoms with Crippen LogP contribution in [0.15, 0.2) is 23.6 Å². The number of piperazine rings is 1. The van der Waals surface area contributed by atoms with Crippen LogP contribution in [0.25, 0.3) is 20.7 Å². The molecule has 3 aromatic rings. The van der Waals surface area contributed by atoms with Gasteiger partial charge in [0.1, 0.15) is 21.1 Å². The fraction of sp³-hybridized carbons (Fsp3) is 0.381. The molecule has 4 heterocycles. The SMILES string of the molecule is CC(C)(C)OC(=O)N1CCN(c2cc(-c3cccs3)c3c(N)c(C(N)=O)sc3n2)CC1. The molecule has 0 spiro atoms. The fourth-order valence-electron chi connectivity index (χ4n) is 3.52. The van der Waals surface area contributed by atoms with Crippen LogP contribution in [-0.2, 0) is 4.74 Å². The molecule has 0 atom stereocenters. The molecular formula is C21H25N5O3S2. The predicted octanol–water partition coefficient (Wildman–Crippen LogP) is 3.76. The average Bonchev–Trinajstić information content (AvgIpc) is 3.35. The van der Waals surface area contributed by atoms with Crippen molar-refractivity contribution in [1.29, 1.82) is 0 Å². The minimum atomic E-state index is -0.551. The van der Waals surface area contributed by atoms with Gasteiger partial charge in [-0.05, 0) is 38.3 Å². The lowest BCUT2D eigenvalue weighted by Gasteiger charge is -2.36. The Labute approximate surface area is 188 Å². The van der Waals surface area contributed by atoms with Gasteiger partial charge in [0.25, 0.3) is 5.91 Å². The van der Waals surface area contributed by atoms with Gasteiger partial charge in [0.2, 0.25) is 0 Å². The zero-order chi connectivity index (χ0) is 22.3. The molecule has 8 nitrogen and oxygen atoms in total. The largest absolute Gasteiger partial charge is 0.444 e. The first kappa shape index (κ1) is 21.4. The smallest absolute Gasteiger partial charge is 0.410 e. The highest BCUT2D eigenvalue weighted by Gasteiger charge is 2.27. The van der Waals surface area contributed by atoms with E-state index in [1.54, 1.807) is 16.2 Å². The maximum Gasteiger partial charge on any atom is 0.410 e. The van der Waals surface area contributed by atoms with E-state index in [1.807, 2.05) is 44.4 Å². The Bertz CT molecular complexity index is 1130. The van der Waals surface area contributed by atoms with Gasteiger partial charge in [-0.25, -0.2) is 9.78 Å². The van der Waals surface area contributed by atoms with E-state index in [0.717, 1.165) is 21.6 Å². The molecule has 0 aliphatic carbocycles. The van der Waals surface area contributed by atoms with Gasteiger partial charge in [-0.15, -0.1) is 22.7 Å². The summed E-state index contributed by atoms with van der Waals surface area (Å²) in [7, 11) is 0. The Balaban J connectivity index is 1.65. The van der Waals surface area contributed by atoms with Crippen molar-refractivity contribution in [2.75, 3.05) is 36.8 Å². The molecule has 1 fully saturated rings. The molecule has 31 heavy (non-hydrogen) atoms. The third-order valence-electron chi connectivity index (χ3n) is 4.95. The Morgan fingerprint density at radius 2 is 1.90 bits per heavy atom. The minimum absolute atomic E-state index is 0.299. The Hall–Kier alpha value is -2.85. The second-order valence-electron chi connectivity index (χ2n) is 8.35. The minimum Gasteiger partial charge on any atom is -0.444 e. The average molecular weight is 460 g/mol. The molecule has 1 aliphatic rings. The van der Waals surface area contributed by atoms with E-state index < -0.39 is 11.5 Å². The second kappa shape index (κ2) is 8.01. The number of nitrogens with two attached hydrogens (primary N) is 2. The molecule has 0 unspecified atom stereocenters. The van der Waals surface area contributed by atoms with E-state index in [9.17, 15) is 9.59 Å². The molecule has 1 aliphatic heterocycles. The lowest BCUT2D eigenvalue weighted by Crippen LogP contribution is -2.50. The number of carbonyl (C=O) groups excluding carboxylic acids is 2. The van der Waals surface area contributed by atoms with Crippen molar-refractivity contribution in [2.24, 2.45) is 5.73 Å². The first-order chi connectivity index (χ1) is 14.6. The normalized spacial score (nSPS) is 14.8. The van der Waals surface area contributed by atoms with Gasteiger partial charge in [-0.3, -0.25) is 4.79 Å². The van der Waals surface area contributed by atoms with Gasteiger partial charge in [-0.2, -0.15) is 0 Å². The number of thiophene rings is 2. The van der Waals surface area contributed by atoms with Gasteiger partial charge < -0.3 is 26.0 Å². The topological polar surface area (TPSA) is 115 Å². The molecule has 4 rings (SSSR count). The molecule has 0 bridgehead atoms. The van der Waals surface area contributed by atoms with Crippen LogP contribution < -0.4 is 16.4 Å². The highest BCUT2D eigenvalue weighted by molar-refractivity contribution is 7.21. The summed E-state index contributed by atoms with van der Waals surface area (Å²) in [5.41, 5.74) is 12.6. The molecule has 3 aromatic heterocycles. The summed E-state index contributed by atoms with van der Waals surface area (Å²) in [5.74, 6) is 0.238. The van der Waals surface area contributed by atoms with Crippen molar-refractivity contribution in [3.8, 4) is 10.4 Å². The van der Waals surface area contributed by atoms with Crippen LogP contribution >= 0.6 is 22.7 Å². The molecule has 4 N–H and O–H groups in total. The summed E-state index contributed by atoms with van der Waals surface area (Å²) in [4.78, 5) is 34.9. The van der Waals surface area contributed by atoms with Crippen LogP contribution in [0, 0.1) is 0 Å². The number of rotatable bonds is 3. The molecule has 0 saturated carbocycles. The van der Waals surface area contributed by atoms with Crippen LogP contribution in [0.2, 0.25) is 0 Å². The maximum absolute atomic E-state index is 12.4. The molecule has 1 saturated heterocycles. The highest BCUT2D eigenvalue weighted by Crippen LogP contribution is 2.42. The van der Waals surface area contributed by atoms with E-state index in [4.69, 9.17) is 21.2 Å². The van der Waals surface area contributed by atoms with E-state index in [2.05, 4.69) is 4.90 Å². The molecule has 10 heteroatoms. The van der Waals surface area contributed by atoms with E-state index >= 15 is 0 Å². The fourth-order valence-corrected chi connectivity index (χ4v) is 5.24. The van der Waals surface area contributed by atoms with Gasteiger partial charge in [0.05, 0.1) is 5.69 Å². The third kappa shape index (κ3) is 4.31. The quantitative estimate of drug-likeness (QED) is 0.616. The summed E-state index contributed by atoms with van der Waals surface area (Å²) in [6.07, 6.45) is -0.299. The number of carbonyl (C=O) groups is 2. The monoisotopic (exact) mass is 459 g/mol. The lowest BCUT2D eigenvalue weighted by molar-refractivity contribution is 0.0240. The number of hydrogen-bond acceptors (Lipinski definition) is 8. The van der Waals surface area contributed by atoms with Crippen molar-refractivity contribution in [3.05, 3.63) is 28.5 Å². The highest BCUT2D eigenvalue weighted by atomic mass is 32.1. The van der Waals surface area contributed by atoms with Crippen LogP contribution in [0.5, 0.6) is 0 Å². The number of fused-ring (bicyclic) bond motifs is 1. The van der Waals surface area contributed by atoms with Gasteiger partial charge in [0, 0.05) is 42.0 Å². The zero-order valence-electron chi connectivity index (χ0n) is 17.7. The summed E-state index contributed by atoms with van der Waals surface area (Å²) < 4.78 is 5.48. The van der Waals surface area contributed by atoms with Crippen molar-refractivity contribution < 1.29 is 14.3 Å². The first-order valence-corrected chi connectivity index (χ1v) is 11.6. The summed E-state index contributed by atoms with van der Waals surface area (Å²) in [5, 5.41) is 2.76. The van der Waals surface area contributed by atoms with E-state index in [1.165, 1.54) is 11.3 Å². The number of nitrogens with zero attached hydrogens (tertiary/aromatic N) is 3. The molecular weight excluding hydrogens is 434 g/mol. The number of pyridine rings is 1. The molecule has 0 radical (unpaired) electrons. The standard InChI is InChI=1S/C21H25N5O3S2/c1-21(2,3)29-20(28)26-8-6-25(7-9-26)14-11-12(13-5-4-10-30-13)15-16(22)17(18(23)27)31-19(15)24-14/h4-5,10-11H,6-9,22H2,1-3H3,(H2,23,27). The van der Waals surface area contributed by atoms with Crippen LogP contribution in [0.3, 0.4) is 0 Å². The van der Waals surface area contributed by atoms with Crippen molar-refractivity contribution >= 4 is 56.4 Å². The second-order valence-corrected chi connectivity index (χ2v) is 10.3. The Morgan fingerprint density at radius 3 is 2.48 bits per heavy atom. The van der Waals surface area contributed by atoms with Gasteiger partial charge in [0.15, 0.2) is 0 Å². The predicted molar refractivity (Wildman–Crippen MR) is 126 cm³/mol. The summed E-state index contributed by atoms with van der Waals surface area (Å²) in [6.45, 7) is 7.93. The summed E-state index contributed by atoms with van der Waals surface area (Å²) >= 11 is 2.82. The van der Waals surface area contributed by atoms with Crippen LogP contribution in [-0.4, -0.2) is 53.7 Å². The number of hydrogen-bond donors (Lipinski definition) is 2. The molecule has 0 aromatic carbocycles. The van der Waals surface area contributed by atoms with Crippen molar-refractivity contribution in [1.82, 2.24) is 9.88 Å². The molecule has 164 valence electrons. The Kier molecular flexibility index (Phi) is 5.52. The van der Waals surface area contributed by atoms with E-state index in [0.29, 0.717) is 41.6 Å². The van der Waals surface area contributed by atoms with Crippen LogP contribution in [0.1, 0.15) is 30.4 Å². The summed E-state index contributed by atoms with van der Waals surface area (Å²) in [6, 6.07) is 6.00. The van der Waals surface area contributed by atoms with Crippen molar-refractivity contribution in [3.63, 3.8) is 0 Å². The van der Waals surface area contributed by atoms with Gasteiger partial charge >= 0.3 is 6.09 Å². The maximum atomic E-state index is 12.4. The molecule has 2 amide bonds. The Morgan fingerprint density at radius 1 is 1.19 bits per heavy atom. The number of anilines is 2.